The fourth-order valence-electron chi connectivity index (χ4n) is 3.98. The van der Waals surface area contributed by atoms with Gasteiger partial charge >= 0.3 is 0 Å². The fraction of sp³-hybridized carbons (Fsp3) is 0.478. The molecule has 1 unspecified atom stereocenters. The molecule has 2 heterocycles. The minimum Gasteiger partial charge on any atom is -0.497 e. The molecule has 0 bridgehead atoms. The zero-order valence-corrected chi connectivity index (χ0v) is 19.5. The Morgan fingerprint density at radius 1 is 1.31 bits per heavy atom. The topological polar surface area (TPSA) is 110 Å². The number of benzene rings is 1. The lowest BCUT2D eigenvalue weighted by Crippen LogP contribution is -2.49. The van der Waals surface area contributed by atoms with E-state index in [1.165, 1.54) is 0 Å². The van der Waals surface area contributed by atoms with Crippen molar-refractivity contribution in [2.45, 2.75) is 45.6 Å². The normalized spacial score (nSPS) is 15.3. The highest BCUT2D eigenvalue weighted by atomic mass is 35.5. The van der Waals surface area contributed by atoms with Gasteiger partial charge in [0, 0.05) is 24.2 Å². The molecule has 0 radical (unpaired) electrons. The number of amides is 2. The Kier molecular flexibility index (Phi) is 7.90. The van der Waals surface area contributed by atoms with Crippen LogP contribution in [0.15, 0.2) is 24.3 Å². The van der Waals surface area contributed by atoms with Crippen molar-refractivity contribution in [3.63, 3.8) is 0 Å². The number of anilines is 1. The monoisotopic (exact) mass is 459 g/mol. The summed E-state index contributed by atoms with van der Waals surface area (Å²) in [7, 11) is 1.55. The van der Waals surface area contributed by atoms with E-state index in [9.17, 15) is 9.59 Å². The second kappa shape index (κ2) is 10.6. The largest absolute Gasteiger partial charge is 0.497 e. The number of nitrogens with two attached hydrogens (primary N) is 1. The van der Waals surface area contributed by atoms with Gasteiger partial charge in [0.1, 0.15) is 28.6 Å². The Labute approximate surface area is 193 Å². The lowest BCUT2D eigenvalue weighted by Gasteiger charge is -2.33. The fourth-order valence-corrected chi connectivity index (χ4v) is 4.30. The molecule has 0 saturated carbocycles. The Balaban J connectivity index is 1.48. The summed E-state index contributed by atoms with van der Waals surface area (Å²) in [6.45, 7) is 4.81. The zero-order chi connectivity index (χ0) is 23.3. The number of aryl methyl sites for hydroxylation is 1. The van der Waals surface area contributed by atoms with E-state index in [2.05, 4.69) is 15.3 Å². The van der Waals surface area contributed by atoms with Crippen LogP contribution in [0, 0.1) is 12.8 Å². The second-order valence-electron chi connectivity index (χ2n) is 8.16. The minimum absolute atomic E-state index is 0.0704. The molecule has 2 amide bonds. The molecule has 9 heteroatoms. The van der Waals surface area contributed by atoms with Gasteiger partial charge in [0.05, 0.1) is 7.11 Å². The van der Waals surface area contributed by atoms with Gasteiger partial charge in [-0.25, -0.2) is 9.97 Å². The maximum atomic E-state index is 12.8. The average Bonchev–Trinajstić information content (AvgIpc) is 2.78. The highest BCUT2D eigenvalue weighted by molar-refractivity contribution is 6.30. The van der Waals surface area contributed by atoms with Gasteiger partial charge in [0.25, 0.3) is 5.91 Å². The standard InChI is InChI=1S/C23H30ClN5O3/c1-14(26-22(30)17-5-4-6-18(13-17)32-3)23(31)29-11-9-16(10-12-29)7-8-19-20(24)27-15(2)28-21(19)25/h4-6,13-14,16H,7-12H2,1-3H3,(H,26,30)(H2,25,27,28). The van der Waals surface area contributed by atoms with Crippen LogP contribution < -0.4 is 15.8 Å². The number of carbonyl (C=O) groups is 2. The van der Waals surface area contributed by atoms with E-state index in [-0.39, 0.29) is 11.8 Å². The molecule has 0 aliphatic carbocycles. The van der Waals surface area contributed by atoms with E-state index < -0.39 is 6.04 Å². The summed E-state index contributed by atoms with van der Waals surface area (Å²) >= 11 is 6.23. The van der Waals surface area contributed by atoms with Crippen LogP contribution in [0.4, 0.5) is 5.82 Å². The molecule has 1 aliphatic rings. The SMILES string of the molecule is COc1cccc(C(=O)NC(C)C(=O)N2CCC(CCc3c(N)nc(C)nc3Cl)CC2)c1. The molecule has 1 aliphatic heterocycles. The molecule has 1 saturated heterocycles. The van der Waals surface area contributed by atoms with Gasteiger partial charge in [0.15, 0.2) is 0 Å². The summed E-state index contributed by atoms with van der Waals surface area (Å²) in [6.07, 6.45) is 3.43. The van der Waals surface area contributed by atoms with Gasteiger partial charge in [-0.2, -0.15) is 0 Å². The number of methoxy groups -OCH3 is 1. The molecule has 2 aromatic rings. The van der Waals surface area contributed by atoms with Gasteiger partial charge in [-0.05, 0) is 63.6 Å². The predicted molar refractivity (Wildman–Crippen MR) is 124 cm³/mol. The van der Waals surface area contributed by atoms with E-state index in [0.29, 0.717) is 47.1 Å². The van der Waals surface area contributed by atoms with E-state index in [1.54, 1.807) is 45.2 Å². The van der Waals surface area contributed by atoms with Crippen molar-refractivity contribution in [3.05, 3.63) is 46.4 Å². The van der Waals surface area contributed by atoms with Crippen LogP contribution >= 0.6 is 11.6 Å². The van der Waals surface area contributed by atoms with Gasteiger partial charge in [0.2, 0.25) is 5.91 Å². The number of hydrogen-bond acceptors (Lipinski definition) is 6. The van der Waals surface area contributed by atoms with Crippen molar-refractivity contribution < 1.29 is 14.3 Å². The molecular weight excluding hydrogens is 430 g/mol. The van der Waals surface area contributed by atoms with Gasteiger partial charge in [-0.1, -0.05) is 17.7 Å². The van der Waals surface area contributed by atoms with Gasteiger partial charge < -0.3 is 20.7 Å². The van der Waals surface area contributed by atoms with Crippen molar-refractivity contribution in [1.29, 1.82) is 0 Å². The van der Waals surface area contributed by atoms with Crippen LogP contribution in [0.2, 0.25) is 5.15 Å². The lowest BCUT2D eigenvalue weighted by molar-refractivity contribution is -0.134. The molecule has 1 atom stereocenters. The van der Waals surface area contributed by atoms with E-state index >= 15 is 0 Å². The van der Waals surface area contributed by atoms with Crippen LogP contribution in [0.3, 0.4) is 0 Å². The van der Waals surface area contributed by atoms with Crippen molar-refractivity contribution >= 4 is 29.2 Å². The van der Waals surface area contributed by atoms with E-state index in [1.807, 2.05) is 4.90 Å². The third kappa shape index (κ3) is 5.88. The highest BCUT2D eigenvalue weighted by Crippen LogP contribution is 2.27. The summed E-state index contributed by atoms with van der Waals surface area (Å²) < 4.78 is 5.15. The number of nitrogen functional groups attached to an aromatic ring is 1. The number of aromatic nitrogens is 2. The summed E-state index contributed by atoms with van der Waals surface area (Å²) in [5.41, 5.74) is 7.26. The number of ether oxygens (including phenoxy) is 1. The average molecular weight is 460 g/mol. The zero-order valence-electron chi connectivity index (χ0n) is 18.7. The molecule has 3 rings (SSSR count). The molecule has 1 aromatic carbocycles. The van der Waals surface area contributed by atoms with Gasteiger partial charge in [-0.15, -0.1) is 0 Å². The second-order valence-corrected chi connectivity index (χ2v) is 8.52. The first kappa shape index (κ1) is 23.8. The van der Waals surface area contributed by atoms with Crippen molar-refractivity contribution in [2.75, 3.05) is 25.9 Å². The summed E-state index contributed by atoms with van der Waals surface area (Å²) in [5, 5.41) is 3.21. The highest BCUT2D eigenvalue weighted by Gasteiger charge is 2.27. The van der Waals surface area contributed by atoms with E-state index in [0.717, 1.165) is 31.2 Å². The Hall–Kier alpha value is -2.87. The maximum absolute atomic E-state index is 12.8. The molecular formula is C23H30ClN5O3. The van der Waals surface area contributed by atoms with Gasteiger partial charge in [-0.3, -0.25) is 9.59 Å². The number of piperidine rings is 1. The van der Waals surface area contributed by atoms with Crippen LogP contribution in [-0.4, -0.2) is 52.9 Å². The first-order valence-electron chi connectivity index (χ1n) is 10.8. The predicted octanol–water partition coefficient (Wildman–Crippen LogP) is 3.02. The summed E-state index contributed by atoms with van der Waals surface area (Å²) in [5.74, 6) is 1.70. The third-order valence-corrected chi connectivity index (χ3v) is 6.19. The number of hydrogen-bond donors (Lipinski definition) is 2. The molecule has 1 aromatic heterocycles. The lowest BCUT2D eigenvalue weighted by atomic mass is 9.90. The quantitative estimate of drug-likeness (QED) is 0.616. The molecule has 32 heavy (non-hydrogen) atoms. The molecule has 3 N–H and O–H groups in total. The molecule has 0 spiro atoms. The van der Waals surface area contributed by atoms with Crippen LogP contribution in [-0.2, 0) is 11.2 Å². The number of nitrogens with zero attached hydrogens (tertiary/aromatic N) is 3. The third-order valence-electron chi connectivity index (χ3n) is 5.88. The Morgan fingerprint density at radius 3 is 2.69 bits per heavy atom. The number of rotatable bonds is 7. The molecule has 172 valence electrons. The number of likely N-dealkylation sites (tertiary alicyclic amines) is 1. The number of nitrogens with one attached hydrogen (secondary N) is 1. The smallest absolute Gasteiger partial charge is 0.252 e. The van der Waals surface area contributed by atoms with Crippen molar-refractivity contribution in [3.8, 4) is 5.75 Å². The van der Waals surface area contributed by atoms with Crippen LogP contribution in [0.5, 0.6) is 5.75 Å². The van der Waals surface area contributed by atoms with Crippen molar-refractivity contribution in [1.82, 2.24) is 20.2 Å². The van der Waals surface area contributed by atoms with Crippen LogP contribution in [0.1, 0.15) is 47.9 Å². The van der Waals surface area contributed by atoms with Crippen LogP contribution in [0.25, 0.3) is 0 Å². The maximum Gasteiger partial charge on any atom is 0.252 e. The first-order chi connectivity index (χ1) is 15.3. The van der Waals surface area contributed by atoms with E-state index in [4.69, 9.17) is 22.1 Å². The summed E-state index contributed by atoms with van der Waals surface area (Å²) in [6, 6.07) is 6.25. The Bertz CT molecular complexity index is 953. The first-order valence-corrected chi connectivity index (χ1v) is 11.2. The Morgan fingerprint density at radius 2 is 2.03 bits per heavy atom. The minimum atomic E-state index is -0.603. The molecule has 1 fully saturated rings. The molecule has 8 nitrogen and oxygen atoms in total. The van der Waals surface area contributed by atoms with Crippen molar-refractivity contribution in [2.24, 2.45) is 5.92 Å². The number of halogens is 1. The summed E-state index contributed by atoms with van der Waals surface area (Å²) in [4.78, 5) is 35.5. The number of carbonyl (C=O) groups excluding carboxylic acids is 2.